The predicted octanol–water partition coefficient (Wildman–Crippen LogP) is 0.195. The lowest BCUT2D eigenvalue weighted by Crippen LogP contribution is -2.37. The van der Waals surface area contributed by atoms with Crippen LogP contribution in [0.4, 0.5) is 4.79 Å². The van der Waals surface area contributed by atoms with Gasteiger partial charge in [-0.3, -0.25) is 0 Å². The summed E-state index contributed by atoms with van der Waals surface area (Å²) in [4.78, 5) is 8.33. The maximum atomic E-state index is 8.33. The lowest BCUT2D eigenvalue weighted by molar-refractivity contribution is -0.671. The van der Waals surface area contributed by atoms with Crippen LogP contribution < -0.4 is 14.8 Å². The highest BCUT2D eigenvalue weighted by Crippen LogP contribution is 2.14. The van der Waals surface area contributed by atoms with E-state index in [0.29, 0.717) is 0 Å². The lowest BCUT2D eigenvalue weighted by Gasteiger charge is -2.11. The molecule has 5 heteroatoms. The Kier molecular flexibility index (Phi) is 8.70. The van der Waals surface area contributed by atoms with Gasteiger partial charge in [-0.15, -0.1) is 0 Å². The molecular formula is C13H24N2O3. The van der Waals surface area contributed by atoms with E-state index < -0.39 is 6.16 Å². The highest BCUT2D eigenvalue weighted by Gasteiger charge is 2.10. The Labute approximate surface area is 110 Å². The van der Waals surface area contributed by atoms with E-state index in [-0.39, 0.29) is 1.43 Å². The molecule has 5 nitrogen and oxygen atoms in total. The van der Waals surface area contributed by atoms with E-state index in [1.54, 1.807) is 0 Å². The fraction of sp³-hybridized carbons (Fsp3) is 0.692. The van der Waals surface area contributed by atoms with Crippen molar-refractivity contribution in [3.63, 3.8) is 0 Å². The Bertz CT molecular complexity index is 338. The minimum absolute atomic E-state index is 0. The van der Waals surface area contributed by atoms with Crippen LogP contribution in [0.5, 0.6) is 0 Å². The quantitative estimate of drug-likeness (QED) is 0.682. The van der Waals surface area contributed by atoms with Crippen LogP contribution >= 0.6 is 0 Å². The van der Waals surface area contributed by atoms with E-state index in [1.165, 1.54) is 32.2 Å². The van der Waals surface area contributed by atoms with Crippen LogP contribution in [0.25, 0.3) is 0 Å². The molecule has 1 atom stereocenters. The highest BCUT2D eigenvalue weighted by atomic mass is 16.6. The van der Waals surface area contributed by atoms with Crippen molar-refractivity contribution in [3.05, 3.63) is 18.7 Å². The second-order valence-corrected chi connectivity index (χ2v) is 4.44. The van der Waals surface area contributed by atoms with Gasteiger partial charge in [-0.2, -0.15) is 0 Å². The summed E-state index contributed by atoms with van der Waals surface area (Å²) in [5, 5.41) is 16.7. The third-order valence-corrected chi connectivity index (χ3v) is 2.84. The van der Waals surface area contributed by atoms with Gasteiger partial charge in [0.1, 0.15) is 12.4 Å². The molecule has 0 bridgehead atoms. The van der Waals surface area contributed by atoms with E-state index in [1.807, 2.05) is 0 Å². The lowest BCUT2D eigenvalue weighted by atomic mass is 9.99. The summed E-state index contributed by atoms with van der Waals surface area (Å²) in [6.45, 7) is 5.74. The zero-order chi connectivity index (χ0) is 14.0. The number of rotatable bonds is 6. The minimum Gasteiger partial charge on any atom is -0.652 e. The van der Waals surface area contributed by atoms with E-state index in [2.05, 4.69) is 48.8 Å². The van der Waals surface area contributed by atoms with Crippen molar-refractivity contribution >= 4 is 6.16 Å². The Morgan fingerprint density at radius 3 is 2.44 bits per heavy atom. The van der Waals surface area contributed by atoms with Crippen LogP contribution in [0.1, 0.15) is 41.0 Å². The second kappa shape index (κ2) is 9.50. The van der Waals surface area contributed by atoms with Gasteiger partial charge < -0.3 is 15.0 Å². The monoisotopic (exact) mass is 256 g/mol. The van der Waals surface area contributed by atoms with Crippen LogP contribution in [0, 0.1) is 5.92 Å². The number of hydrogen-bond acceptors (Lipinski definition) is 3. The summed E-state index contributed by atoms with van der Waals surface area (Å²) in [5.74, 6) is 0.849. The SMILES string of the molecule is CCCCC(CC)Cn1cc[n+](C)c1.O=C([O-])[O-].[H+]. The molecule has 0 aliphatic rings. The van der Waals surface area contributed by atoms with Crippen LogP contribution in [0.15, 0.2) is 18.7 Å². The minimum atomic E-state index is -2.33. The van der Waals surface area contributed by atoms with Gasteiger partial charge >= 0.3 is 1.43 Å². The zero-order valence-electron chi connectivity index (χ0n) is 12.5. The largest absolute Gasteiger partial charge is 1.00 e. The van der Waals surface area contributed by atoms with E-state index in [4.69, 9.17) is 15.0 Å². The van der Waals surface area contributed by atoms with Gasteiger partial charge in [-0.1, -0.05) is 26.7 Å². The summed E-state index contributed by atoms with van der Waals surface area (Å²) >= 11 is 0. The van der Waals surface area contributed by atoms with E-state index in [0.717, 1.165) is 5.92 Å². The van der Waals surface area contributed by atoms with Crippen molar-refractivity contribution in [2.24, 2.45) is 13.0 Å². The molecule has 0 aromatic carbocycles. The molecular weight excluding hydrogens is 232 g/mol. The number of imidazole rings is 1. The van der Waals surface area contributed by atoms with Gasteiger partial charge in [-0.05, 0) is 24.9 Å². The Hall–Kier alpha value is -1.52. The molecule has 1 aromatic rings. The summed E-state index contributed by atoms with van der Waals surface area (Å²) in [6, 6.07) is 0. The number of aromatic nitrogens is 2. The topological polar surface area (TPSA) is 72.0 Å². The Balaban J connectivity index is 0. The van der Waals surface area contributed by atoms with Gasteiger partial charge in [-0.25, -0.2) is 9.13 Å². The number of carboxylic acid groups (broad SMARTS) is 2. The summed E-state index contributed by atoms with van der Waals surface area (Å²) in [6.07, 6.45) is 9.44. The molecule has 1 unspecified atom stereocenters. The Morgan fingerprint density at radius 1 is 1.44 bits per heavy atom. The number of nitrogens with zero attached hydrogens (tertiary/aromatic N) is 2. The molecule has 1 rings (SSSR count). The van der Waals surface area contributed by atoms with Crippen LogP contribution in [0.2, 0.25) is 0 Å². The number of hydrogen-bond donors (Lipinski definition) is 0. The predicted molar refractivity (Wildman–Crippen MR) is 65.4 cm³/mol. The van der Waals surface area contributed by atoms with Crippen molar-refractivity contribution in [2.45, 2.75) is 46.1 Å². The van der Waals surface area contributed by atoms with Crippen LogP contribution in [-0.2, 0) is 13.6 Å². The number of carbonyl (C=O) groups is 1. The molecule has 1 aromatic heterocycles. The molecule has 0 aliphatic heterocycles. The van der Waals surface area contributed by atoms with Gasteiger partial charge in [0.25, 0.3) is 0 Å². The average Bonchev–Trinajstić information content (AvgIpc) is 2.69. The van der Waals surface area contributed by atoms with Gasteiger partial charge in [0.05, 0.1) is 13.6 Å². The molecule has 104 valence electrons. The molecule has 0 aliphatic carbocycles. The fourth-order valence-electron chi connectivity index (χ4n) is 1.83. The molecule has 1 heterocycles. The van der Waals surface area contributed by atoms with Crippen molar-refractivity contribution < 1.29 is 21.0 Å². The smallest absolute Gasteiger partial charge is 0.652 e. The van der Waals surface area contributed by atoms with Crippen molar-refractivity contribution in [1.82, 2.24) is 4.57 Å². The normalized spacial score (nSPS) is 11.5. The molecule has 0 saturated heterocycles. The first kappa shape index (κ1) is 16.5. The standard InChI is InChI=1S/C12H23N2.CH2O3/c1-4-6-7-12(5-2)10-14-9-8-13(3)11-14;2-1(3)4/h8-9,11-12H,4-7,10H2,1-3H3;(H2,2,3,4)/q+1;/p-1. The Morgan fingerprint density at radius 2 is 2.06 bits per heavy atom. The molecule has 0 N–H and O–H groups in total. The fourth-order valence-corrected chi connectivity index (χ4v) is 1.83. The third kappa shape index (κ3) is 8.61. The van der Waals surface area contributed by atoms with Crippen molar-refractivity contribution in [3.8, 4) is 0 Å². The number of aryl methyl sites for hydroxylation is 1. The highest BCUT2D eigenvalue weighted by molar-refractivity contribution is 5.47. The molecule has 0 saturated carbocycles. The zero-order valence-corrected chi connectivity index (χ0v) is 11.5. The molecule has 0 radical (unpaired) electrons. The summed E-state index contributed by atoms with van der Waals surface area (Å²) in [5.41, 5.74) is 0. The van der Waals surface area contributed by atoms with Gasteiger partial charge in [0.2, 0.25) is 6.33 Å². The maximum Gasteiger partial charge on any atom is 1.00 e. The summed E-state index contributed by atoms with van der Waals surface area (Å²) in [7, 11) is 2.07. The number of carbonyl (C=O) groups excluding carboxylic acids is 1. The van der Waals surface area contributed by atoms with Gasteiger partial charge in [0, 0.05) is 0 Å². The van der Waals surface area contributed by atoms with E-state index >= 15 is 0 Å². The van der Waals surface area contributed by atoms with E-state index in [9.17, 15) is 0 Å². The first-order chi connectivity index (χ1) is 8.49. The molecule has 18 heavy (non-hydrogen) atoms. The van der Waals surface area contributed by atoms with Crippen LogP contribution in [-0.4, -0.2) is 10.7 Å². The first-order valence-electron chi connectivity index (χ1n) is 6.38. The second-order valence-electron chi connectivity index (χ2n) is 4.44. The number of unbranched alkanes of at least 4 members (excludes halogenated alkanes) is 1. The maximum absolute atomic E-state index is 8.33. The van der Waals surface area contributed by atoms with Crippen LogP contribution in [0.3, 0.4) is 0 Å². The molecule has 0 amide bonds. The third-order valence-electron chi connectivity index (χ3n) is 2.84. The average molecular weight is 256 g/mol. The van der Waals surface area contributed by atoms with Crippen molar-refractivity contribution in [2.75, 3.05) is 0 Å². The first-order valence-corrected chi connectivity index (χ1v) is 6.38. The van der Waals surface area contributed by atoms with Gasteiger partial charge in [0.15, 0.2) is 0 Å². The molecule has 0 spiro atoms. The molecule has 0 fully saturated rings. The van der Waals surface area contributed by atoms with Crippen molar-refractivity contribution in [1.29, 1.82) is 0 Å². The summed E-state index contributed by atoms with van der Waals surface area (Å²) < 4.78 is 4.40.